The fourth-order valence-electron chi connectivity index (χ4n) is 2.97. The van der Waals surface area contributed by atoms with Crippen molar-refractivity contribution in [2.75, 3.05) is 0 Å². The average molecular weight is 324 g/mol. The van der Waals surface area contributed by atoms with Crippen molar-refractivity contribution < 1.29 is 9.53 Å². The van der Waals surface area contributed by atoms with Gasteiger partial charge in [0.2, 0.25) is 0 Å². The molecule has 1 aliphatic carbocycles. The van der Waals surface area contributed by atoms with Crippen LogP contribution < -0.4 is 10.1 Å². The van der Waals surface area contributed by atoms with Crippen molar-refractivity contribution in [3.63, 3.8) is 0 Å². The van der Waals surface area contributed by atoms with Gasteiger partial charge in [-0.15, -0.1) is 0 Å². The summed E-state index contributed by atoms with van der Waals surface area (Å²) >= 11 is 5.87. The second-order valence-corrected chi connectivity index (χ2v) is 7.35. The Kier molecular flexibility index (Phi) is 5.38. The Labute approximate surface area is 138 Å². The number of benzene rings is 1. The van der Waals surface area contributed by atoms with Crippen LogP contribution in [0.15, 0.2) is 24.3 Å². The summed E-state index contributed by atoms with van der Waals surface area (Å²) in [5.41, 5.74) is -0.908. The van der Waals surface area contributed by atoms with E-state index in [0.29, 0.717) is 22.6 Å². The summed E-state index contributed by atoms with van der Waals surface area (Å²) in [4.78, 5) is 12.6. The Morgan fingerprint density at radius 1 is 1.23 bits per heavy atom. The molecule has 0 saturated heterocycles. The van der Waals surface area contributed by atoms with Gasteiger partial charge < -0.3 is 10.1 Å². The number of hydrogen-bond donors (Lipinski definition) is 1. The second-order valence-electron chi connectivity index (χ2n) is 6.91. The van der Waals surface area contributed by atoms with Crippen molar-refractivity contribution in [3.8, 4) is 5.75 Å². The van der Waals surface area contributed by atoms with E-state index in [0.717, 1.165) is 6.42 Å². The topological polar surface area (TPSA) is 38.3 Å². The highest BCUT2D eigenvalue weighted by Crippen LogP contribution is 2.30. The number of ether oxygens (including phenoxy) is 1. The van der Waals surface area contributed by atoms with Crippen molar-refractivity contribution in [1.82, 2.24) is 5.32 Å². The smallest absolute Gasteiger partial charge is 0.263 e. The molecule has 3 unspecified atom stereocenters. The number of amides is 1. The third-order valence-electron chi connectivity index (χ3n) is 4.76. The summed E-state index contributed by atoms with van der Waals surface area (Å²) < 4.78 is 5.85. The fraction of sp³-hybridized carbons (Fsp3) is 0.611. The largest absolute Gasteiger partial charge is 0.478 e. The zero-order chi connectivity index (χ0) is 16.3. The maximum absolute atomic E-state index is 12.6. The molecular formula is C18H26ClNO2. The number of hydrogen-bond acceptors (Lipinski definition) is 2. The Morgan fingerprint density at radius 3 is 2.50 bits per heavy atom. The van der Waals surface area contributed by atoms with Gasteiger partial charge in [-0.25, -0.2) is 0 Å². The minimum Gasteiger partial charge on any atom is -0.478 e. The molecule has 0 aliphatic heterocycles. The summed E-state index contributed by atoms with van der Waals surface area (Å²) in [5, 5.41) is 3.83. The van der Waals surface area contributed by atoms with Crippen molar-refractivity contribution >= 4 is 17.5 Å². The maximum atomic E-state index is 12.6. The molecule has 0 bridgehead atoms. The predicted molar refractivity (Wildman–Crippen MR) is 90.3 cm³/mol. The zero-order valence-corrected chi connectivity index (χ0v) is 14.6. The van der Waals surface area contributed by atoms with E-state index in [1.165, 1.54) is 12.8 Å². The average Bonchev–Trinajstić information content (AvgIpc) is 2.46. The van der Waals surface area contributed by atoms with E-state index in [9.17, 15) is 4.79 Å². The van der Waals surface area contributed by atoms with Gasteiger partial charge in [-0.2, -0.15) is 0 Å². The molecule has 3 nitrogen and oxygen atoms in total. The Balaban J connectivity index is 1.99. The second kappa shape index (κ2) is 6.91. The van der Waals surface area contributed by atoms with Gasteiger partial charge >= 0.3 is 0 Å². The lowest BCUT2D eigenvalue weighted by molar-refractivity contribution is -0.135. The molecule has 0 radical (unpaired) electrons. The molecule has 1 saturated carbocycles. The molecule has 0 spiro atoms. The van der Waals surface area contributed by atoms with E-state index in [-0.39, 0.29) is 11.9 Å². The van der Waals surface area contributed by atoms with Crippen LogP contribution in [0.4, 0.5) is 0 Å². The quantitative estimate of drug-likeness (QED) is 0.889. The van der Waals surface area contributed by atoms with E-state index in [4.69, 9.17) is 16.3 Å². The van der Waals surface area contributed by atoms with Crippen molar-refractivity contribution in [2.45, 2.75) is 58.6 Å². The van der Waals surface area contributed by atoms with E-state index in [2.05, 4.69) is 19.2 Å². The van der Waals surface area contributed by atoms with Gasteiger partial charge in [0.1, 0.15) is 5.75 Å². The number of halogens is 1. The lowest BCUT2D eigenvalue weighted by Gasteiger charge is -2.36. The molecule has 122 valence electrons. The molecule has 22 heavy (non-hydrogen) atoms. The molecule has 1 aromatic rings. The van der Waals surface area contributed by atoms with Gasteiger partial charge in [0, 0.05) is 11.1 Å². The van der Waals surface area contributed by atoms with Crippen LogP contribution in [-0.2, 0) is 4.79 Å². The highest BCUT2D eigenvalue weighted by Gasteiger charge is 2.35. The number of carbonyl (C=O) groups excluding carboxylic acids is 1. The minimum atomic E-state index is -0.908. The van der Waals surface area contributed by atoms with Gasteiger partial charge in [0.15, 0.2) is 5.60 Å². The SMILES string of the molecule is CC1CCCC(NC(=O)C(C)(C)Oc2ccc(Cl)cc2)C1C. The lowest BCUT2D eigenvalue weighted by atomic mass is 9.78. The molecule has 4 heteroatoms. The number of rotatable bonds is 4. The summed E-state index contributed by atoms with van der Waals surface area (Å²) in [7, 11) is 0. The van der Waals surface area contributed by atoms with E-state index >= 15 is 0 Å². The van der Waals surface area contributed by atoms with Crippen molar-refractivity contribution in [2.24, 2.45) is 11.8 Å². The maximum Gasteiger partial charge on any atom is 0.263 e. The highest BCUT2D eigenvalue weighted by molar-refractivity contribution is 6.30. The van der Waals surface area contributed by atoms with Crippen LogP contribution in [0.1, 0.15) is 47.0 Å². The summed E-state index contributed by atoms with van der Waals surface area (Å²) in [6.07, 6.45) is 3.47. The summed E-state index contributed by atoms with van der Waals surface area (Å²) in [6.45, 7) is 8.09. The number of carbonyl (C=O) groups is 1. The zero-order valence-electron chi connectivity index (χ0n) is 13.9. The van der Waals surface area contributed by atoms with Crippen LogP contribution in [0.5, 0.6) is 5.75 Å². The van der Waals surface area contributed by atoms with Crippen LogP contribution in [0, 0.1) is 11.8 Å². The standard InChI is InChI=1S/C18H26ClNO2/c1-12-6-5-7-16(13(12)2)20-17(21)18(3,4)22-15-10-8-14(19)9-11-15/h8-13,16H,5-7H2,1-4H3,(H,20,21). The number of nitrogens with one attached hydrogen (secondary N) is 1. The van der Waals surface area contributed by atoms with Gasteiger partial charge in [-0.3, -0.25) is 4.79 Å². The first-order chi connectivity index (χ1) is 10.3. The molecule has 1 aromatic carbocycles. The van der Waals surface area contributed by atoms with Crippen LogP contribution in [0.3, 0.4) is 0 Å². The lowest BCUT2D eigenvalue weighted by Crippen LogP contribution is -2.53. The first-order valence-corrected chi connectivity index (χ1v) is 8.43. The molecule has 3 atom stereocenters. The fourth-order valence-corrected chi connectivity index (χ4v) is 3.10. The monoisotopic (exact) mass is 323 g/mol. The molecule has 1 fully saturated rings. The first-order valence-electron chi connectivity index (χ1n) is 8.05. The summed E-state index contributed by atoms with van der Waals surface area (Å²) in [6, 6.07) is 7.32. The van der Waals surface area contributed by atoms with Gasteiger partial charge in [-0.1, -0.05) is 38.3 Å². The van der Waals surface area contributed by atoms with E-state index in [1.807, 2.05) is 0 Å². The molecule has 1 aliphatic rings. The van der Waals surface area contributed by atoms with Gasteiger partial charge in [0.05, 0.1) is 0 Å². The molecule has 0 heterocycles. The molecule has 1 amide bonds. The highest BCUT2D eigenvalue weighted by atomic mass is 35.5. The van der Waals surface area contributed by atoms with Crippen LogP contribution in [-0.4, -0.2) is 17.6 Å². The molecule has 2 rings (SSSR count). The van der Waals surface area contributed by atoms with E-state index in [1.54, 1.807) is 38.1 Å². The molecular weight excluding hydrogens is 298 g/mol. The third-order valence-corrected chi connectivity index (χ3v) is 5.01. The normalized spacial score (nSPS) is 25.6. The van der Waals surface area contributed by atoms with E-state index < -0.39 is 5.60 Å². The van der Waals surface area contributed by atoms with Gasteiger partial charge in [-0.05, 0) is 56.4 Å². The molecule has 1 N–H and O–H groups in total. The Hall–Kier alpha value is -1.22. The van der Waals surface area contributed by atoms with Crippen molar-refractivity contribution in [3.05, 3.63) is 29.3 Å². The third kappa shape index (κ3) is 4.16. The Bertz CT molecular complexity index is 512. The van der Waals surface area contributed by atoms with Crippen LogP contribution in [0.25, 0.3) is 0 Å². The van der Waals surface area contributed by atoms with Crippen LogP contribution in [0.2, 0.25) is 5.02 Å². The summed E-state index contributed by atoms with van der Waals surface area (Å²) in [5.74, 6) is 1.74. The van der Waals surface area contributed by atoms with Crippen LogP contribution >= 0.6 is 11.6 Å². The first kappa shape index (κ1) is 17.1. The molecule has 0 aromatic heterocycles. The predicted octanol–water partition coefficient (Wildman–Crippen LogP) is 4.44. The minimum absolute atomic E-state index is 0.0617. The van der Waals surface area contributed by atoms with Crippen molar-refractivity contribution in [1.29, 1.82) is 0 Å². The Morgan fingerprint density at radius 2 is 1.86 bits per heavy atom. The van der Waals surface area contributed by atoms with Gasteiger partial charge in [0.25, 0.3) is 5.91 Å².